The van der Waals surface area contributed by atoms with Crippen molar-refractivity contribution in [2.45, 2.75) is 38.9 Å². The van der Waals surface area contributed by atoms with E-state index in [0.29, 0.717) is 0 Å². The molecule has 0 aromatic heterocycles. The van der Waals surface area contributed by atoms with Crippen molar-refractivity contribution in [1.82, 2.24) is 0 Å². The summed E-state index contributed by atoms with van der Waals surface area (Å²) >= 11 is 0. The molecule has 6 heteroatoms. The third kappa shape index (κ3) is 12.9. The lowest BCUT2D eigenvalue weighted by Gasteiger charge is -2.32. The number of anilines is 9. The Morgan fingerprint density at radius 2 is 0.469 bits per heavy atom. The molecule has 0 atom stereocenters. The van der Waals surface area contributed by atoms with Gasteiger partial charge in [0.25, 0.3) is 0 Å². The molecule has 0 N–H and O–H groups in total. The highest BCUT2D eigenvalue weighted by atomic mass is 16.7. The molecule has 0 unspecified atom stereocenters. The van der Waals surface area contributed by atoms with Crippen molar-refractivity contribution in [1.29, 1.82) is 0 Å². The maximum Gasteiger partial charge on any atom is 0.494 e. The van der Waals surface area contributed by atoms with Crippen LogP contribution in [-0.2, 0) is 9.31 Å². The minimum absolute atomic E-state index is 0.360. The first-order chi connectivity index (χ1) is 48.1. The van der Waals surface area contributed by atoms with Crippen molar-refractivity contribution in [2.75, 3.05) is 14.7 Å². The van der Waals surface area contributed by atoms with Gasteiger partial charge in [-0.15, -0.1) is 0 Å². The number of rotatable bonds is 15. The summed E-state index contributed by atoms with van der Waals surface area (Å²) in [6.07, 6.45) is 0. The summed E-state index contributed by atoms with van der Waals surface area (Å²) in [6, 6.07) is 134. The Labute approximate surface area is 576 Å². The van der Waals surface area contributed by atoms with E-state index in [-0.39, 0.29) is 18.3 Å². The molecule has 16 rings (SSSR count). The van der Waals surface area contributed by atoms with Gasteiger partial charge < -0.3 is 24.0 Å². The Hall–Kier alpha value is -11.8. The zero-order valence-corrected chi connectivity index (χ0v) is 55.5. The monoisotopic (exact) mass is 1260 g/mol. The highest BCUT2D eigenvalue weighted by Crippen LogP contribution is 2.46. The molecule has 1 aliphatic heterocycles. The van der Waals surface area contributed by atoms with Crippen LogP contribution >= 0.6 is 0 Å². The second-order valence-corrected chi connectivity index (χ2v) is 25.9. The zero-order chi connectivity index (χ0) is 66.4. The molecule has 0 bridgehead atoms. The van der Waals surface area contributed by atoms with Crippen molar-refractivity contribution >= 4 is 85.3 Å². The summed E-state index contributed by atoms with van der Waals surface area (Å²) in [4.78, 5) is 7.01. The average molecular weight is 1260 g/mol. The Balaban J connectivity index is 0.000000194. The van der Waals surface area contributed by atoms with Crippen molar-refractivity contribution in [2.24, 2.45) is 0 Å². The molecule has 0 aliphatic carbocycles. The predicted octanol–water partition coefficient (Wildman–Crippen LogP) is 24.7. The number of nitrogens with zero attached hydrogens (tertiary/aromatic N) is 3. The van der Waals surface area contributed by atoms with E-state index in [1.54, 1.807) is 0 Å². The Morgan fingerprint density at radius 1 is 0.214 bits per heavy atom. The molecule has 1 heterocycles. The second kappa shape index (κ2) is 27.5. The summed E-state index contributed by atoms with van der Waals surface area (Å²) in [5, 5.41) is 4.91. The van der Waals surface area contributed by atoms with Gasteiger partial charge in [-0.1, -0.05) is 261 Å². The Bertz CT molecular complexity index is 4950. The molecular formula is C92H74BN3O2. The molecule has 0 amide bonds. The normalized spacial score (nSPS) is 13.0. The lowest BCUT2D eigenvalue weighted by Crippen LogP contribution is -2.41. The third-order valence-electron chi connectivity index (χ3n) is 19.1. The molecular weight excluding hydrogens is 1190 g/mol. The van der Waals surface area contributed by atoms with Crippen LogP contribution in [0.15, 0.2) is 376 Å². The number of hydrogen-bond acceptors (Lipinski definition) is 5. The quantitative estimate of drug-likeness (QED) is 0.0753. The first-order valence-electron chi connectivity index (χ1n) is 33.7. The summed E-state index contributed by atoms with van der Waals surface area (Å²) in [7, 11) is -0.374. The largest absolute Gasteiger partial charge is 0.494 e. The third-order valence-corrected chi connectivity index (χ3v) is 19.1. The Kier molecular flexibility index (Phi) is 17.5. The summed E-state index contributed by atoms with van der Waals surface area (Å²) in [5.74, 6) is 0. The van der Waals surface area contributed by atoms with Crippen LogP contribution in [0.4, 0.5) is 51.2 Å². The Morgan fingerprint density at radius 3 is 0.786 bits per heavy atom. The van der Waals surface area contributed by atoms with Gasteiger partial charge in [0.15, 0.2) is 0 Å². The first kappa shape index (κ1) is 62.3. The van der Waals surface area contributed by atoms with Gasteiger partial charge in [-0.3, -0.25) is 0 Å². The lowest BCUT2D eigenvalue weighted by atomic mass is 9.79. The number of fused-ring (bicyclic) bond motifs is 2. The molecule has 15 aromatic carbocycles. The topological polar surface area (TPSA) is 28.2 Å². The summed E-state index contributed by atoms with van der Waals surface area (Å²) in [6.45, 7) is 8.33. The molecule has 98 heavy (non-hydrogen) atoms. The van der Waals surface area contributed by atoms with Gasteiger partial charge >= 0.3 is 7.12 Å². The van der Waals surface area contributed by atoms with Gasteiger partial charge in [0.05, 0.1) is 28.3 Å². The highest BCUT2D eigenvalue weighted by Gasteiger charge is 2.51. The van der Waals surface area contributed by atoms with Crippen LogP contribution in [0, 0.1) is 0 Å². The fraction of sp³-hybridized carbons (Fsp3) is 0.0652. The van der Waals surface area contributed by atoms with E-state index >= 15 is 0 Å². The number of hydrogen-bond donors (Lipinski definition) is 0. The maximum absolute atomic E-state index is 6.26. The fourth-order valence-corrected chi connectivity index (χ4v) is 13.3. The predicted molar refractivity (Wildman–Crippen MR) is 415 cm³/mol. The van der Waals surface area contributed by atoms with Crippen molar-refractivity contribution < 1.29 is 9.31 Å². The van der Waals surface area contributed by atoms with Crippen LogP contribution in [0.5, 0.6) is 0 Å². The van der Waals surface area contributed by atoms with E-state index in [1.165, 1.54) is 77.2 Å². The van der Waals surface area contributed by atoms with E-state index in [9.17, 15) is 0 Å². The first-order valence-corrected chi connectivity index (χ1v) is 33.7. The van der Waals surface area contributed by atoms with E-state index in [0.717, 1.165) is 56.6 Å². The molecule has 472 valence electrons. The van der Waals surface area contributed by atoms with Gasteiger partial charge in [0.1, 0.15) is 0 Å². The molecule has 0 radical (unpaired) electrons. The number of para-hydroxylation sites is 6. The highest BCUT2D eigenvalue weighted by molar-refractivity contribution is 6.62. The van der Waals surface area contributed by atoms with E-state index in [2.05, 4.69) is 412 Å². The standard InChI is InChI=1S/C62H44N2.C30H30BNO2/c1-5-17-47(18-6-1)59-25-13-15-27-61(59)63(55-21-9-3-10-22-55)57-37-33-45(34-38-57)49-29-31-51-44-54-42-50(30-32-52(54)43-53(51)41-49)46-35-39-58(40-36-46)64(56-23-11-4-12-24-56)62-28-16-14-26-60(62)48-19-7-2-8-20-48;1-29(2)30(3,4)34-31(33-29)24-19-21-26(22-20-24)32(25-15-9-6-10-16-25)28-18-12-11-17-27(28)23-13-7-5-8-14-23/h1-44H;5-22H,1-4H3. The molecule has 0 spiro atoms. The molecule has 1 fully saturated rings. The number of benzene rings is 15. The van der Waals surface area contributed by atoms with E-state index in [1.807, 2.05) is 6.07 Å². The van der Waals surface area contributed by atoms with Gasteiger partial charge in [0, 0.05) is 50.8 Å². The van der Waals surface area contributed by atoms with Crippen molar-refractivity contribution in [3.63, 3.8) is 0 Å². The molecule has 5 nitrogen and oxygen atoms in total. The summed E-state index contributed by atoms with van der Waals surface area (Å²) < 4.78 is 12.5. The van der Waals surface area contributed by atoms with Crippen LogP contribution in [0.3, 0.4) is 0 Å². The van der Waals surface area contributed by atoms with Gasteiger partial charge in [-0.2, -0.15) is 0 Å². The maximum atomic E-state index is 6.26. The van der Waals surface area contributed by atoms with Crippen LogP contribution in [-0.4, -0.2) is 18.3 Å². The minimum Gasteiger partial charge on any atom is -0.399 e. The van der Waals surface area contributed by atoms with Crippen molar-refractivity contribution in [3.8, 4) is 55.6 Å². The molecule has 1 aliphatic rings. The van der Waals surface area contributed by atoms with Gasteiger partial charge in [-0.05, 0) is 209 Å². The minimum atomic E-state index is -0.374. The molecule has 0 saturated carbocycles. The van der Waals surface area contributed by atoms with Crippen molar-refractivity contribution in [3.05, 3.63) is 376 Å². The van der Waals surface area contributed by atoms with Crippen LogP contribution in [0.1, 0.15) is 27.7 Å². The van der Waals surface area contributed by atoms with Crippen LogP contribution in [0.25, 0.3) is 77.2 Å². The van der Waals surface area contributed by atoms with Gasteiger partial charge in [0.2, 0.25) is 0 Å². The zero-order valence-electron chi connectivity index (χ0n) is 55.5. The fourth-order valence-electron chi connectivity index (χ4n) is 13.3. The smallest absolute Gasteiger partial charge is 0.399 e. The van der Waals surface area contributed by atoms with Crippen LogP contribution in [0.2, 0.25) is 0 Å². The SMILES string of the molecule is CC1(C)OB(c2ccc(N(c3ccccc3)c3ccccc3-c3ccccc3)cc2)OC1(C)C.c1ccc(-c2ccccc2N(c2ccccc2)c2ccc(-c3ccc4cc5cc(-c6ccc(N(c7ccccc7)c7ccccc7-c7ccccc7)cc6)ccc5cc4c3)cc2)cc1. The lowest BCUT2D eigenvalue weighted by molar-refractivity contribution is 0.00578. The molecule has 1 saturated heterocycles. The average Bonchev–Trinajstić information content (AvgIpc) is 1.31. The van der Waals surface area contributed by atoms with Crippen LogP contribution < -0.4 is 20.2 Å². The van der Waals surface area contributed by atoms with E-state index in [4.69, 9.17) is 9.31 Å². The van der Waals surface area contributed by atoms with E-state index < -0.39 is 0 Å². The molecule has 15 aromatic rings. The summed E-state index contributed by atoms with van der Waals surface area (Å²) in [5.41, 5.74) is 22.2. The second-order valence-electron chi connectivity index (χ2n) is 25.9. The van der Waals surface area contributed by atoms with Gasteiger partial charge in [-0.25, -0.2) is 0 Å².